The largest absolute Gasteiger partial charge is 0.351 e. The number of nitrogens with zero attached hydrogens (tertiary/aromatic N) is 2. The van der Waals surface area contributed by atoms with E-state index in [1.807, 2.05) is 42.5 Å². The minimum absolute atomic E-state index is 0.0442. The molecule has 6 heteroatoms. The van der Waals surface area contributed by atoms with Gasteiger partial charge in [0.05, 0.1) is 0 Å². The second kappa shape index (κ2) is 8.48. The van der Waals surface area contributed by atoms with Crippen molar-refractivity contribution in [2.45, 2.75) is 23.8 Å². The molecule has 1 atom stereocenters. The molecule has 1 unspecified atom stereocenters. The highest BCUT2D eigenvalue weighted by Gasteiger charge is 2.09. The van der Waals surface area contributed by atoms with E-state index in [9.17, 15) is 4.79 Å². The van der Waals surface area contributed by atoms with Crippen molar-refractivity contribution in [3.8, 4) is 0 Å². The third-order valence-electron chi connectivity index (χ3n) is 3.92. The molecule has 2 N–H and O–H groups in total. The van der Waals surface area contributed by atoms with E-state index < -0.39 is 0 Å². The molecule has 1 amide bonds. The van der Waals surface area contributed by atoms with Gasteiger partial charge >= 0.3 is 0 Å². The first-order valence-electron chi connectivity index (χ1n) is 8.12. The smallest absolute Gasteiger partial charge is 0.251 e. The molecular weight excluding hydrogens is 332 g/mol. The molecule has 0 aliphatic heterocycles. The number of hydrogen-bond donors (Lipinski definition) is 2. The van der Waals surface area contributed by atoms with Crippen LogP contribution in [0.25, 0.3) is 0 Å². The van der Waals surface area contributed by atoms with Crippen molar-refractivity contribution in [3.63, 3.8) is 0 Å². The number of carbonyl (C=O) groups is 1. The summed E-state index contributed by atoms with van der Waals surface area (Å²) in [4.78, 5) is 16.4. The summed E-state index contributed by atoms with van der Waals surface area (Å²) in [5.41, 5.74) is 3.03. The van der Waals surface area contributed by atoms with Crippen molar-refractivity contribution < 1.29 is 4.79 Å². The fourth-order valence-corrected chi connectivity index (χ4v) is 3.15. The van der Waals surface area contributed by atoms with E-state index in [2.05, 4.69) is 39.6 Å². The zero-order valence-electron chi connectivity index (χ0n) is 14.0. The van der Waals surface area contributed by atoms with Gasteiger partial charge in [-0.15, -0.1) is 0 Å². The first-order chi connectivity index (χ1) is 12.2. The summed E-state index contributed by atoms with van der Waals surface area (Å²) in [5, 5.41) is 10.4. The number of amides is 1. The molecule has 0 saturated carbocycles. The number of thioether (sulfide) groups is 1. The predicted octanol–water partition coefficient (Wildman–Crippen LogP) is 3.63. The zero-order valence-corrected chi connectivity index (χ0v) is 14.8. The highest BCUT2D eigenvalue weighted by atomic mass is 32.2. The number of aromatic amines is 1. The molecule has 0 spiro atoms. The van der Waals surface area contributed by atoms with Crippen LogP contribution in [-0.2, 0) is 5.75 Å². The van der Waals surface area contributed by atoms with Crippen LogP contribution < -0.4 is 5.32 Å². The number of H-pyrrole nitrogens is 1. The number of aromatic nitrogens is 3. The third kappa shape index (κ3) is 4.93. The molecule has 0 radical (unpaired) electrons. The van der Waals surface area contributed by atoms with Crippen molar-refractivity contribution >= 4 is 17.7 Å². The van der Waals surface area contributed by atoms with Gasteiger partial charge < -0.3 is 5.32 Å². The molecule has 0 saturated heterocycles. The summed E-state index contributed by atoms with van der Waals surface area (Å²) >= 11 is 1.58. The Balaban J connectivity index is 1.50. The quantitative estimate of drug-likeness (QED) is 0.637. The molecule has 0 aliphatic rings. The SMILES string of the molecule is CC(CNC(=O)c1ccc(CSc2ncn[nH]2)cc1)c1ccccc1. The van der Waals surface area contributed by atoms with Crippen LogP contribution in [0.1, 0.15) is 34.3 Å². The minimum Gasteiger partial charge on any atom is -0.351 e. The zero-order chi connectivity index (χ0) is 17.5. The van der Waals surface area contributed by atoms with Crippen molar-refractivity contribution in [2.24, 2.45) is 0 Å². The monoisotopic (exact) mass is 352 g/mol. The van der Waals surface area contributed by atoms with E-state index in [1.54, 1.807) is 11.8 Å². The van der Waals surface area contributed by atoms with Gasteiger partial charge in [0.1, 0.15) is 6.33 Å². The Kier molecular flexibility index (Phi) is 5.85. The normalized spacial score (nSPS) is 11.9. The maximum absolute atomic E-state index is 12.3. The Morgan fingerprint density at radius 1 is 1.16 bits per heavy atom. The van der Waals surface area contributed by atoms with Gasteiger partial charge in [0.25, 0.3) is 5.91 Å². The molecule has 0 aliphatic carbocycles. The van der Waals surface area contributed by atoms with E-state index in [-0.39, 0.29) is 11.8 Å². The van der Waals surface area contributed by atoms with Gasteiger partial charge in [-0.3, -0.25) is 9.89 Å². The van der Waals surface area contributed by atoms with E-state index in [0.29, 0.717) is 12.1 Å². The highest BCUT2D eigenvalue weighted by Crippen LogP contribution is 2.18. The van der Waals surface area contributed by atoms with Gasteiger partial charge in [-0.2, -0.15) is 5.10 Å². The molecular formula is C19H20N4OS. The van der Waals surface area contributed by atoms with Crippen LogP contribution in [0.2, 0.25) is 0 Å². The lowest BCUT2D eigenvalue weighted by molar-refractivity contribution is 0.0951. The summed E-state index contributed by atoms with van der Waals surface area (Å²) in [6.07, 6.45) is 1.49. The molecule has 1 aromatic heterocycles. The Labute approximate surface area is 151 Å². The molecule has 25 heavy (non-hydrogen) atoms. The average Bonchev–Trinajstić information content (AvgIpc) is 3.19. The number of nitrogens with one attached hydrogen (secondary N) is 2. The van der Waals surface area contributed by atoms with Gasteiger partial charge in [0, 0.05) is 17.9 Å². The second-order valence-electron chi connectivity index (χ2n) is 5.80. The maximum Gasteiger partial charge on any atom is 0.251 e. The third-order valence-corrected chi connectivity index (χ3v) is 4.87. The molecule has 3 aromatic rings. The van der Waals surface area contributed by atoms with E-state index >= 15 is 0 Å². The van der Waals surface area contributed by atoms with Gasteiger partial charge in [0.15, 0.2) is 5.16 Å². The summed E-state index contributed by atoms with van der Waals surface area (Å²) in [6, 6.07) is 17.9. The predicted molar refractivity (Wildman–Crippen MR) is 99.6 cm³/mol. The first kappa shape index (κ1) is 17.2. The Morgan fingerprint density at radius 3 is 2.60 bits per heavy atom. The fraction of sp³-hybridized carbons (Fsp3) is 0.211. The topological polar surface area (TPSA) is 70.7 Å². The van der Waals surface area contributed by atoms with Crippen molar-refractivity contribution in [3.05, 3.63) is 77.6 Å². The highest BCUT2D eigenvalue weighted by molar-refractivity contribution is 7.98. The van der Waals surface area contributed by atoms with Crippen LogP contribution in [0.5, 0.6) is 0 Å². The summed E-state index contributed by atoms with van der Waals surface area (Å²) in [7, 11) is 0. The van der Waals surface area contributed by atoms with Crippen LogP contribution in [0.15, 0.2) is 66.1 Å². The summed E-state index contributed by atoms with van der Waals surface area (Å²) < 4.78 is 0. The molecule has 0 bridgehead atoms. The number of benzene rings is 2. The standard InChI is InChI=1S/C19H20N4OS/c1-14(16-5-3-2-4-6-16)11-20-18(24)17-9-7-15(8-10-17)12-25-19-21-13-22-23-19/h2-10,13-14H,11-12H2,1H3,(H,20,24)(H,21,22,23). The first-order valence-corrected chi connectivity index (χ1v) is 9.11. The lowest BCUT2D eigenvalue weighted by atomic mass is 10.0. The molecule has 2 aromatic carbocycles. The number of rotatable bonds is 7. The molecule has 128 valence electrons. The Morgan fingerprint density at radius 2 is 1.92 bits per heavy atom. The fourth-order valence-electron chi connectivity index (χ4n) is 2.42. The van der Waals surface area contributed by atoms with Crippen LogP contribution in [-0.4, -0.2) is 27.6 Å². The minimum atomic E-state index is -0.0442. The van der Waals surface area contributed by atoms with Gasteiger partial charge in [-0.25, -0.2) is 4.98 Å². The summed E-state index contributed by atoms with van der Waals surface area (Å²) in [5.74, 6) is 1.02. The second-order valence-corrected chi connectivity index (χ2v) is 6.76. The Bertz CT molecular complexity index is 788. The van der Waals surface area contributed by atoms with Crippen molar-refractivity contribution in [2.75, 3.05) is 6.54 Å². The molecule has 0 fully saturated rings. The molecule has 3 rings (SSSR count). The lowest BCUT2D eigenvalue weighted by Gasteiger charge is -2.13. The van der Waals surface area contributed by atoms with E-state index in [1.165, 1.54) is 11.9 Å². The van der Waals surface area contributed by atoms with Crippen LogP contribution in [0, 0.1) is 0 Å². The Hall–Kier alpha value is -2.60. The van der Waals surface area contributed by atoms with Gasteiger partial charge in [-0.05, 0) is 29.2 Å². The van der Waals surface area contributed by atoms with Crippen molar-refractivity contribution in [1.29, 1.82) is 0 Å². The van der Waals surface area contributed by atoms with Crippen LogP contribution in [0.3, 0.4) is 0 Å². The molecule has 5 nitrogen and oxygen atoms in total. The van der Waals surface area contributed by atoms with E-state index in [4.69, 9.17) is 0 Å². The maximum atomic E-state index is 12.3. The molecule has 1 heterocycles. The average molecular weight is 352 g/mol. The van der Waals surface area contributed by atoms with Crippen molar-refractivity contribution in [1.82, 2.24) is 20.5 Å². The number of hydrogen-bond acceptors (Lipinski definition) is 4. The lowest BCUT2D eigenvalue weighted by Crippen LogP contribution is -2.27. The van der Waals surface area contributed by atoms with Gasteiger partial charge in [0.2, 0.25) is 0 Å². The van der Waals surface area contributed by atoms with Crippen LogP contribution in [0.4, 0.5) is 0 Å². The van der Waals surface area contributed by atoms with E-state index in [0.717, 1.165) is 16.5 Å². The van der Waals surface area contributed by atoms with Gasteiger partial charge in [-0.1, -0.05) is 61.2 Å². The summed E-state index contributed by atoms with van der Waals surface area (Å²) in [6.45, 7) is 2.73. The van der Waals surface area contributed by atoms with Crippen LogP contribution >= 0.6 is 11.8 Å². The number of carbonyl (C=O) groups excluding carboxylic acids is 1.